The standard InChI is InChI=1S/C12H18N2O4/c1-18-12(17)8-3-2-6-14(7-8)11(16)9-4-5-10(15)13-9/h8-9H,2-7H2,1H3,(H,13,15). The molecular formula is C12H18N2O4. The summed E-state index contributed by atoms with van der Waals surface area (Å²) in [6.45, 7) is 1.05. The number of likely N-dealkylation sites (tertiary alicyclic amines) is 1. The summed E-state index contributed by atoms with van der Waals surface area (Å²) in [7, 11) is 1.36. The van der Waals surface area contributed by atoms with Crippen molar-refractivity contribution in [1.82, 2.24) is 10.2 Å². The van der Waals surface area contributed by atoms with E-state index in [1.165, 1.54) is 7.11 Å². The summed E-state index contributed by atoms with van der Waals surface area (Å²) < 4.78 is 4.71. The third-order valence-electron chi connectivity index (χ3n) is 3.56. The molecule has 2 aliphatic heterocycles. The van der Waals surface area contributed by atoms with Crippen molar-refractivity contribution in [1.29, 1.82) is 0 Å². The number of rotatable bonds is 2. The first-order valence-corrected chi connectivity index (χ1v) is 6.28. The first-order valence-electron chi connectivity index (χ1n) is 6.28. The van der Waals surface area contributed by atoms with Gasteiger partial charge in [-0.1, -0.05) is 0 Å². The normalized spacial score (nSPS) is 27.8. The molecule has 2 heterocycles. The van der Waals surface area contributed by atoms with Gasteiger partial charge in [-0.2, -0.15) is 0 Å². The lowest BCUT2D eigenvalue weighted by Gasteiger charge is -2.32. The number of carbonyl (C=O) groups excluding carboxylic acids is 3. The predicted octanol–water partition coefficient (Wildman–Crippen LogP) is -0.323. The van der Waals surface area contributed by atoms with E-state index >= 15 is 0 Å². The van der Waals surface area contributed by atoms with E-state index in [-0.39, 0.29) is 23.7 Å². The molecule has 2 rings (SSSR count). The topological polar surface area (TPSA) is 75.7 Å². The monoisotopic (exact) mass is 254 g/mol. The Kier molecular flexibility index (Phi) is 3.84. The van der Waals surface area contributed by atoms with Crippen LogP contribution in [-0.2, 0) is 19.1 Å². The molecule has 0 aromatic heterocycles. The zero-order chi connectivity index (χ0) is 13.1. The smallest absolute Gasteiger partial charge is 0.310 e. The number of nitrogens with zero attached hydrogens (tertiary/aromatic N) is 1. The molecule has 2 amide bonds. The highest BCUT2D eigenvalue weighted by molar-refractivity contribution is 5.91. The van der Waals surface area contributed by atoms with Crippen LogP contribution in [0, 0.1) is 5.92 Å². The number of piperidine rings is 1. The van der Waals surface area contributed by atoms with Crippen LogP contribution in [0.5, 0.6) is 0 Å². The van der Waals surface area contributed by atoms with Crippen LogP contribution < -0.4 is 5.32 Å². The van der Waals surface area contributed by atoms with Gasteiger partial charge in [-0.25, -0.2) is 0 Å². The number of esters is 1. The van der Waals surface area contributed by atoms with E-state index < -0.39 is 6.04 Å². The highest BCUT2D eigenvalue weighted by Crippen LogP contribution is 2.20. The van der Waals surface area contributed by atoms with Gasteiger partial charge in [0.15, 0.2) is 0 Å². The Morgan fingerprint density at radius 3 is 2.78 bits per heavy atom. The van der Waals surface area contributed by atoms with Crippen molar-refractivity contribution in [3.05, 3.63) is 0 Å². The van der Waals surface area contributed by atoms with E-state index in [0.29, 0.717) is 25.9 Å². The third-order valence-corrected chi connectivity index (χ3v) is 3.56. The minimum atomic E-state index is -0.408. The molecule has 2 aliphatic rings. The SMILES string of the molecule is COC(=O)C1CCCN(C(=O)C2CCC(=O)N2)C1. The maximum absolute atomic E-state index is 12.2. The summed E-state index contributed by atoms with van der Waals surface area (Å²) in [5.41, 5.74) is 0. The van der Waals surface area contributed by atoms with E-state index in [2.05, 4.69) is 5.32 Å². The fourth-order valence-corrected chi connectivity index (χ4v) is 2.56. The average Bonchev–Trinajstić information content (AvgIpc) is 2.83. The average molecular weight is 254 g/mol. The van der Waals surface area contributed by atoms with Crippen LogP contribution in [0.1, 0.15) is 25.7 Å². The Balaban J connectivity index is 1.94. The second-order valence-corrected chi connectivity index (χ2v) is 4.81. The summed E-state index contributed by atoms with van der Waals surface area (Å²) >= 11 is 0. The highest BCUT2D eigenvalue weighted by atomic mass is 16.5. The van der Waals surface area contributed by atoms with Gasteiger partial charge in [0.25, 0.3) is 0 Å². The number of hydrogen-bond acceptors (Lipinski definition) is 4. The van der Waals surface area contributed by atoms with Crippen molar-refractivity contribution in [2.45, 2.75) is 31.7 Å². The number of hydrogen-bond donors (Lipinski definition) is 1. The van der Waals surface area contributed by atoms with E-state index in [1.807, 2.05) is 0 Å². The van der Waals surface area contributed by atoms with E-state index in [0.717, 1.165) is 12.8 Å². The fraction of sp³-hybridized carbons (Fsp3) is 0.750. The quantitative estimate of drug-likeness (QED) is 0.685. The summed E-state index contributed by atoms with van der Waals surface area (Å²) in [5, 5.41) is 2.66. The zero-order valence-corrected chi connectivity index (χ0v) is 10.5. The van der Waals surface area contributed by atoms with Gasteiger partial charge in [0, 0.05) is 19.5 Å². The summed E-state index contributed by atoms with van der Waals surface area (Å²) in [5.74, 6) is -0.642. The lowest BCUT2D eigenvalue weighted by molar-refractivity contribution is -0.149. The van der Waals surface area contributed by atoms with Gasteiger partial charge >= 0.3 is 5.97 Å². The Bertz CT molecular complexity index is 369. The van der Waals surface area contributed by atoms with Crippen molar-refractivity contribution >= 4 is 17.8 Å². The van der Waals surface area contributed by atoms with E-state index in [4.69, 9.17) is 4.74 Å². The van der Waals surface area contributed by atoms with Gasteiger partial charge in [-0.3, -0.25) is 14.4 Å². The number of carbonyl (C=O) groups is 3. The van der Waals surface area contributed by atoms with Gasteiger partial charge in [0.2, 0.25) is 11.8 Å². The van der Waals surface area contributed by atoms with Crippen molar-refractivity contribution in [3.63, 3.8) is 0 Å². The summed E-state index contributed by atoms with van der Waals surface area (Å²) in [4.78, 5) is 36.4. The number of amides is 2. The van der Waals surface area contributed by atoms with Gasteiger partial charge in [0.05, 0.1) is 13.0 Å². The van der Waals surface area contributed by atoms with Gasteiger partial charge in [-0.15, -0.1) is 0 Å². The maximum atomic E-state index is 12.2. The molecule has 0 radical (unpaired) electrons. The molecule has 6 heteroatoms. The van der Waals surface area contributed by atoms with Gasteiger partial charge < -0.3 is 15.0 Å². The Morgan fingerprint density at radius 1 is 1.39 bits per heavy atom. The number of ether oxygens (including phenoxy) is 1. The molecule has 0 spiro atoms. The largest absolute Gasteiger partial charge is 0.469 e. The molecule has 0 bridgehead atoms. The molecule has 0 saturated carbocycles. The van der Waals surface area contributed by atoms with E-state index in [9.17, 15) is 14.4 Å². The first kappa shape index (κ1) is 12.9. The zero-order valence-electron chi connectivity index (χ0n) is 10.5. The van der Waals surface area contributed by atoms with Crippen LogP contribution in [-0.4, -0.2) is 48.9 Å². The third kappa shape index (κ3) is 2.63. The van der Waals surface area contributed by atoms with Crippen LogP contribution in [0.25, 0.3) is 0 Å². The minimum Gasteiger partial charge on any atom is -0.469 e. The summed E-state index contributed by atoms with van der Waals surface area (Å²) in [6.07, 6.45) is 2.52. The van der Waals surface area contributed by atoms with Crippen molar-refractivity contribution in [3.8, 4) is 0 Å². The Hall–Kier alpha value is -1.59. The molecule has 1 N–H and O–H groups in total. The van der Waals surface area contributed by atoms with Crippen molar-refractivity contribution in [2.24, 2.45) is 5.92 Å². The van der Waals surface area contributed by atoms with Crippen molar-refractivity contribution in [2.75, 3.05) is 20.2 Å². The fourth-order valence-electron chi connectivity index (χ4n) is 2.56. The molecule has 0 aromatic carbocycles. The lowest BCUT2D eigenvalue weighted by atomic mass is 9.97. The lowest BCUT2D eigenvalue weighted by Crippen LogP contribution is -2.49. The molecule has 2 fully saturated rings. The summed E-state index contributed by atoms with van der Waals surface area (Å²) in [6, 6.07) is -0.408. The van der Waals surface area contributed by atoms with Gasteiger partial charge in [0.1, 0.15) is 6.04 Å². The Morgan fingerprint density at radius 2 is 2.17 bits per heavy atom. The van der Waals surface area contributed by atoms with Crippen LogP contribution in [0.3, 0.4) is 0 Å². The number of nitrogens with one attached hydrogen (secondary N) is 1. The molecule has 100 valence electrons. The van der Waals surface area contributed by atoms with Crippen LogP contribution in [0.2, 0.25) is 0 Å². The van der Waals surface area contributed by atoms with Crippen molar-refractivity contribution < 1.29 is 19.1 Å². The van der Waals surface area contributed by atoms with Gasteiger partial charge in [-0.05, 0) is 19.3 Å². The Labute approximate surface area is 106 Å². The molecule has 0 aromatic rings. The molecule has 0 aliphatic carbocycles. The molecule has 2 saturated heterocycles. The number of methoxy groups -OCH3 is 1. The second kappa shape index (κ2) is 5.37. The highest BCUT2D eigenvalue weighted by Gasteiger charge is 2.35. The maximum Gasteiger partial charge on any atom is 0.310 e. The molecule has 18 heavy (non-hydrogen) atoms. The molecule has 6 nitrogen and oxygen atoms in total. The van der Waals surface area contributed by atoms with E-state index in [1.54, 1.807) is 4.90 Å². The molecule has 2 unspecified atom stereocenters. The predicted molar refractivity (Wildman–Crippen MR) is 62.5 cm³/mol. The first-order chi connectivity index (χ1) is 8.61. The molecule has 2 atom stereocenters. The van der Waals surface area contributed by atoms with Crippen LogP contribution >= 0.6 is 0 Å². The van der Waals surface area contributed by atoms with Crippen LogP contribution in [0.15, 0.2) is 0 Å². The molecular weight excluding hydrogens is 236 g/mol. The second-order valence-electron chi connectivity index (χ2n) is 4.81. The minimum absolute atomic E-state index is 0.0742. The van der Waals surface area contributed by atoms with Crippen LogP contribution in [0.4, 0.5) is 0 Å².